The Morgan fingerprint density at radius 1 is 1.07 bits per heavy atom. The van der Waals surface area contributed by atoms with E-state index in [4.69, 9.17) is 4.74 Å². The largest absolute Gasteiger partial charge is 0.376 e. The van der Waals surface area contributed by atoms with Gasteiger partial charge in [-0.2, -0.15) is 0 Å². The molecule has 1 saturated carbocycles. The molecule has 27 heavy (non-hydrogen) atoms. The summed E-state index contributed by atoms with van der Waals surface area (Å²) < 4.78 is 5.51. The minimum Gasteiger partial charge on any atom is -0.376 e. The van der Waals surface area contributed by atoms with Crippen molar-refractivity contribution >= 4 is 23.4 Å². The van der Waals surface area contributed by atoms with Crippen LogP contribution in [0.3, 0.4) is 0 Å². The summed E-state index contributed by atoms with van der Waals surface area (Å²) in [6.45, 7) is 1.26. The van der Waals surface area contributed by atoms with Crippen molar-refractivity contribution in [3.8, 4) is 0 Å². The molecule has 4 aliphatic rings. The number of fused-ring (bicyclic) bond motifs is 5. The molecule has 2 saturated heterocycles. The fraction of sp³-hybridized carbons (Fsp3) is 0.476. The first kappa shape index (κ1) is 16.7. The third-order valence-corrected chi connectivity index (χ3v) is 6.37. The second kappa shape index (κ2) is 6.30. The monoisotopic (exact) mass is 366 g/mol. The van der Waals surface area contributed by atoms with Gasteiger partial charge in [0.2, 0.25) is 11.8 Å². The van der Waals surface area contributed by atoms with Crippen molar-refractivity contribution in [2.75, 3.05) is 18.1 Å². The number of hydrogen-bond donors (Lipinski definition) is 1. The number of carbonyl (C=O) groups excluding carboxylic acids is 3. The third-order valence-electron chi connectivity index (χ3n) is 6.37. The average Bonchev–Trinajstić information content (AvgIpc) is 3.45. The fourth-order valence-electron chi connectivity index (χ4n) is 5.03. The van der Waals surface area contributed by atoms with Crippen molar-refractivity contribution in [2.45, 2.75) is 25.4 Å². The van der Waals surface area contributed by atoms with Crippen LogP contribution >= 0.6 is 0 Å². The van der Waals surface area contributed by atoms with E-state index in [-0.39, 0.29) is 47.5 Å². The zero-order valence-corrected chi connectivity index (χ0v) is 15.0. The second-order valence-electron chi connectivity index (χ2n) is 7.90. The number of nitrogens with one attached hydrogen (secondary N) is 1. The lowest BCUT2D eigenvalue weighted by atomic mass is 9.85. The Morgan fingerprint density at radius 3 is 2.33 bits per heavy atom. The van der Waals surface area contributed by atoms with E-state index in [0.717, 1.165) is 25.9 Å². The summed E-state index contributed by atoms with van der Waals surface area (Å²) in [7, 11) is 0. The van der Waals surface area contributed by atoms with Gasteiger partial charge in [-0.15, -0.1) is 0 Å². The van der Waals surface area contributed by atoms with Crippen molar-refractivity contribution in [1.82, 2.24) is 5.32 Å². The Balaban J connectivity index is 1.28. The van der Waals surface area contributed by atoms with Crippen LogP contribution in [0.4, 0.5) is 5.69 Å². The van der Waals surface area contributed by atoms with Gasteiger partial charge in [-0.05, 0) is 55.4 Å². The molecule has 2 aliphatic carbocycles. The van der Waals surface area contributed by atoms with Crippen molar-refractivity contribution < 1.29 is 19.1 Å². The van der Waals surface area contributed by atoms with Gasteiger partial charge in [0.05, 0.1) is 23.6 Å². The maximum Gasteiger partial charge on any atom is 0.251 e. The number of anilines is 1. The van der Waals surface area contributed by atoms with Crippen molar-refractivity contribution in [1.29, 1.82) is 0 Å². The first-order valence-corrected chi connectivity index (χ1v) is 9.69. The van der Waals surface area contributed by atoms with Gasteiger partial charge >= 0.3 is 0 Å². The van der Waals surface area contributed by atoms with E-state index >= 15 is 0 Å². The Bertz CT molecular complexity index is 795. The molecule has 140 valence electrons. The van der Waals surface area contributed by atoms with Crippen LogP contribution in [0, 0.1) is 23.7 Å². The van der Waals surface area contributed by atoms with Gasteiger partial charge in [-0.25, -0.2) is 0 Å². The van der Waals surface area contributed by atoms with Gasteiger partial charge in [-0.3, -0.25) is 19.3 Å². The third kappa shape index (κ3) is 2.62. The summed E-state index contributed by atoms with van der Waals surface area (Å²) in [5.74, 6) is -0.387. The van der Waals surface area contributed by atoms with Gasteiger partial charge in [0, 0.05) is 18.7 Å². The van der Waals surface area contributed by atoms with Crippen LogP contribution in [0.2, 0.25) is 0 Å². The highest BCUT2D eigenvalue weighted by Gasteiger charge is 2.59. The van der Waals surface area contributed by atoms with Gasteiger partial charge in [0.25, 0.3) is 5.91 Å². The maximum atomic E-state index is 12.8. The Morgan fingerprint density at radius 2 is 1.74 bits per heavy atom. The first-order valence-electron chi connectivity index (χ1n) is 9.69. The molecule has 6 nitrogen and oxygen atoms in total. The molecule has 2 heterocycles. The lowest BCUT2D eigenvalue weighted by molar-refractivity contribution is -0.123. The van der Waals surface area contributed by atoms with E-state index in [1.165, 1.54) is 4.90 Å². The molecule has 1 aromatic rings. The molecule has 5 atom stereocenters. The number of nitrogens with zero attached hydrogens (tertiary/aromatic N) is 1. The van der Waals surface area contributed by atoms with Crippen LogP contribution in [0.15, 0.2) is 36.4 Å². The molecule has 5 rings (SSSR count). The van der Waals surface area contributed by atoms with Gasteiger partial charge in [0.1, 0.15) is 0 Å². The molecule has 2 bridgehead atoms. The highest BCUT2D eigenvalue weighted by atomic mass is 16.5. The Labute approximate surface area is 157 Å². The Hall–Kier alpha value is -2.47. The summed E-state index contributed by atoms with van der Waals surface area (Å²) in [5.41, 5.74) is 1.06. The topological polar surface area (TPSA) is 75.7 Å². The molecule has 0 aromatic heterocycles. The summed E-state index contributed by atoms with van der Waals surface area (Å²) >= 11 is 0. The van der Waals surface area contributed by atoms with Crippen molar-refractivity contribution in [3.05, 3.63) is 42.0 Å². The fourth-order valence-corrected chi connectivity index (χ4v) is 5.03. The molecular weight excluding hydrogens is 344 g/mol. The van der Waals surface area contributed by atoms with Gasteiger partial charge in [0.15, 0.2) is 0 Å². The molecule has 0 spiro atoms. The number of rotatable bonds is 4. The number of hydrogen-bond acceptors (Lipinski definition) is 4. The van der Waals surface area contributed by atoms with Crippen LogP contribution in [0.5, 0.6) is 0 Å². The number of benzene rings is 1. The normalized spacial score (nSPS) is 33.8. The highest BCUT2D eigenvalue weighted by molar-refractivity contribution is 6.22. The summed E-state index contributed by atoms with van der Waals surface area (Å²) in [6.07, 6.45) is 7.19. The zero-order valence-electron chi connectivity index (χ0n) is 15.0. The van der Waals surface area contributed by atoms with Crippen LogP contribution in [0.1, 0.15) is 29.6 Å². The molecule has 1 N–H and O–H groups in total. The lowest BCUT2D eigenvalue weighted by Gasteiger charge is -2.17. The predicted molar refractivity (Wildman–Crippen MR) is 98.0 cm³/mol. The van der Waals surface area contributed by atoms with Crippen LogP contribution in [0.25, 0.3) is 0 Å². The average molecular weight is 366 g/mol. The number of imide groups is 1. The molecule has 2 aliphatic heterocycles. The van der Waals surface area contributed by atoms with Crippen molar-refractivity contribution in [3.63, 3.8) is 0 Å². The predicted octanol–water partition coefficient (Wildman–Crippen LogP) is 1.91. The summed E-state index contributed by atoms with van der Waals surface area (Å²) in [5, 5.41) is 2.88. The van der Waals surface area contributed by atoms with E-state index in [1.807, 2.05) is 0 Å². The number of amides is 3. The SMILES string of the molecule is O=C(NC[C@@H]1CCCO1)c1ccc(N2C(=O)[C@@H]3[C@@H](C2=O)[C@H]2C=C[C@H]3C2)cc1. The van der Waals surface area contributed by atoms with E-state index in [0.29, 0.717) is 17.8 Å². The first-order chi connectivity index (χ1) is 13.1. The van der Waals surface area contributed by atoms with Crippen LogP contribution in [-0.4, -0.2) is 37.0 Å². The maximum absolute atomic E-state index is 12.8. The molecule has 0 unspecified atom stereocenters. The number of carbonyl (C=O) groups is 3. The van der Waals surface area contributed by atoms with Crippen molar-refractivity contribution in [2.24, 2.45) is 23.7 Å². The zero-order chi connectivity index (χ0) is 18.5. The smallest absolute Gasteiger partial charge is 0.251 e. The standard InChI is InChI=1S/C21H22N2O4/c24-19(22-11-16-2-1-9-27-16)12-5-7-15(8-6-12)23-20(25)17-13-3-4-14(10-13)18(17)21(23)26/h3-8,13-14,16-18H,1-2,9-11H2,(H,22,24)/t13-,14-,16-,17-,18-/m0/s1. The lowest BCUT2D eigenvalue weighted by Crippen LogP contribution is -2.33. The highest BCUT2D eigenvalue weighted by Crippen LogP contribution is 2.53. The molecule has 0 radical (unpaired) electrons. The number of ether oxygens (including phenoxy) is 1. The van der Waals surface area contributed by atoms with E-state index in [2.05, 4.69) is 17.5 Å². The minimum atomic E-state index is -0.207. The van der Waals surface area contributed by atoms with E-state index < -0.39 is 0 Å². The molecule has 1 aromatic carbocycles. The molecule has 6 heteroatoms. The van der Waals surface area contributed by atoms with E-state index in [9.17, 15) is 14.4 Å². The van der Waals surface area contributed by atoms with Gasteiger partial charge in [-0.1, -0.05) is 12.2 Å². The van der Waals surface area contributed by atoms with Gasteiger partial charge < -0.3 is 10.1 Å². The molecule has 3 amide bonds. The van der Waals surface area contributed by atoms with Crippen LogP contribution < -0.4 is 10.2 Å². The minimum absolute atomic E-state index is 0.0939. The van der Waals surface area contributed by atoms with Crippen LogP contribution in [-0.2, 0) is 14.3 Å². The summed E-state index contributed by atoms with van der Waals surface area (Å²) in [4.78, 5) is 39.3. The summed E-state index contributed by atoms with van der Waals surface area (Å²) in [6, 6.07) is 6.71. The van der Waals surface area contributed by atoms with E-state index in [1.54, 1.807) is 24.3 Å². The second-order valence-corrected chi connectivity index (χ2v) is 7.90. The molecular formula is C21H22N2O4. The number of allylic oxidation sites excluding steroid dienone is 2. The quantitative estimate of drug-likeness (QED) is 0.652. The Kier molecular flexibility index (Phi) is 3.90. The molecule has 3 fully saturated rings.